The van der Waals surface area contributed by atoms with E-state index in [0.29, 0.717) is 29.5 Å². The molecule has 0 bridgehead atoms. The van der Waals surface area contributed by atoms with Crippen LogP contribution in [0.3, 0.4) is 0 Å². The first kappa shape index (κ1) is 19.2. The Bertz CT molecular complexity index is 796. The van der Waals surface area contributed by atoms with Crippen LogP contribution in [0.25, 0.3) is 11.3 Å². The Hall–Kier alpha value is -2.54. The molecule has 7 heteroatoms. The minimum atomic E-state index is -0.545. The largest absolute Gasteiger partial charge is 0.493 e. The zero-order chi connectivity index (χ0) is 19.4. The van der Waals surface area contributed by atoms with Crippen molar-refractivity contribution in [2.75, 3.05) is 41.4 Å². The lowest BCUT2D eigenvalue weighted by Gasteiger charge is -2.13. The fraction of sp³-hybridized carbons (Fsp3) is 0.500. The molecule has 2 aromatic rings. The number of methoxy groups -OCH3 is 2. The maximum absolute atomic E-state index is 12.7. The van der Waals surface area contributed by atoms with Gasteiger partial charge >= 0.3 is 0 Å². The zero-order valence-electron chi connectivity index (χ0n) is 16.4. The molecular formula is C20H27N3O4. The summed E-state index contributed by atoms with van der Waals surface area (Å²) >= 11 is 0. The van der Waals surface area contributed by atoms with Gasteiger partial charge in [-0.3, -0.25) is 4.79 Å². The average molecular weight is 373 g/mol. The topological polar surface area (TPSA) is 76.8 Å². The molecule has 1 N–H and O–H groups in total. The van der Waals surface area contributed by atoms with E-state index in [2.05, 4.69) is 15.4 Å². The average Bonchev–Trinajstić information content (AvgIpc) is 3.34. The number of hydrogen-bond donors (Lipinski definition) is 1. The van der Waals surface area contributed by atoms with Gasteiger partial charge in [0.25, 0.3) is 0 Å². The van der Waals surface area contributed by atoms with Crippen molar-refractivity contribution in [2.24, 2.45) is 0 Å². The van der Waals surface area contributed by atoms with Gasteiger partial charge in [-0.1, -0.05) is 5.16 Å². The highest BCUT2D eigenvalue weighted by molar-refractivity contribution is 5.91. The Morgan fingerprint density at radius 2 is 1.96 bits per heavy atom. The smallest absolute Gasteiger partial charge is 0.232 e. The van der Waals surface area contributed by atoms with Gasteiger partial charge in [0.15, 0.2) is 17.3 Å². The van der Waals surface area contributed by atoms with E-state index < -0.39 is 5.41 Å². The second kappa shape index (κ2) is 8.00. The normalized spacial score (nSPS) is 14.9. The van der Waals surface area contributed by atoms with E-state index >= 15 is 0 Å². The third kappa shape index (κ3) is 4.08. The lowest BCUT2D eigenvalue weighted by atomic mass is 10.00. The van der Waals surface area contributed by atoms with Crippen LogP contribution < -0.4 is 14.8 Å². The minimum absolute atomic E-state index is 0.0356. The van der Waals surface area contributed by atoms with Crippen LogP contribution in [0.2, 0.25) is 0 Å². The summed E-state index contributed by atoms with van der Waals surface area (Å²) in [4.78, 5) is 14.8. The van der Waals surface area contributed by atoms with E-state index in [1.807, 2.05) is 38.4 Å². The monoisotopic (exact) mass is 373 g/mol. The summed E-state index contributed by atoms with van der Waals surface area (Å²) in [7, 11) is 7.23. The van der Waals surface area contributed by atoms with Crippen LogP contribution in [-0.2, 0) is 10.2 Å². The summed E-state index contributed by atoms with van der Waals surface area (Å²) in [6.07, 6.45) is 2.51. The molecule has 0 unspecified atom stereocenters. The fourth-order valence-electron chi connectivity index (χ4n) is 3.12. The third-order valence-corrected chi connectivity index (χ3v) is 4.92. The molecule has 1 amide bonds. The molecule has 0 spiro atoms. The van der Waals surface area contributed by atoms with Gasteiger partial charge in [-0.15, -0.1) is 0 Å². The van der Waals surface area contributed by atoms with Crippen molar-refractivity contribution in [2.45, 2.75) is 24.7 Å². The van der Waals surface area contributed by atoms with Crippen LogP contribution >= 0.6 is 0 Å². The molecule has 27 heavy (non-hydrogen) atoms. The molecule has 146 valence electrons. The first-order valence-corrected chi connectivity index (χ1v) is 9.13. The Morgan fingerprint density at radius 3 is 2.59 bits per heavy atom. The SMILES string of the molecule is COc1ccc(-c2cc(C3(C(=O)NCCCN(C)C)CC3)no2)cc1OC. The van der Waals surface area contributed by atoms with Gasteiger partial charge in [0.2, 0.25) is 5.91 Å². The summed E-state index contributed by atoms with van der Waals surface area (Å²) in [5.74, 6) is 1.91. The van der Waals surface area contributed by atoms with Crippen molar-refractivity contribution in [3.05, 3.63) is 30.0 Å². The van der Waals surface area contributed by atoms with Gasteiger partial charge in [0, 0.05) is 18.2 Å². The summed E-state index contributed by atoms with van der Waals surface area (Å²) in [5.41, 5.74) is 0.974. The Balaban J connectivity index is 1.71. The maximum atomic E-state index is 12.7. The van der Waals surface area contributed by atoms with Gasteiger partial charge in [0.1, 0.15) is 0 Å². The van der Waals surface area contributed by atoms with E-state index in [1.165, 1.54) is 0 Å². The quantitative estimate of drug-likeness (QED) is 0.681. The highest BCUT2D eigenvalue weighted by atomic mass is 16.5. The molecule has 7 nitrogen and oxygen atoms in total. The van der Waals surface area contributed by atoms with Crippen LogP contribution in [-0.4, -0.2) is 57.4 Å². The van der Waals surface area contributed by atoms with E-state index in [0.717, 1.165) is 31.4 Å². The number of ether oxygens (including phenoxy) is 2. The molecule has 0 saturated heterocycles. The first-order chi connectivity index (χ1) is 13.0. The van der Waals surface area contributed by atoms with Crippen molar-refractivity contribution < 1.29 is 18.8 Å². The second-order valence-corrected chi connectivity index (χ2v) is 7.14. The van der Waals surface area contributed by atoms with Crippen molar-refractivity contribution in [3.63, 3.8) is 0 Å². The molecule has 1 aromatic heterocycles. The minimum Gasteiger partial charge on any atom is -0.493 e. The molecule has 0 radical (unpaired) electrons. The number of carbonyl (C=O) groups is 1. The van der Waals surface area contributed by atoms with E-state index in [4.69, 9.17) is 14.0 Å². The maximum Gasteiger partial charge on any atom is 0.232 e. The number of carbonyl (C=O) groups excluding carboxylic acids is 1. The second-order valence-electron chi connectivity index (χ2n) is 7.14. The van der Waals surface area contributed by atoms with Crippen molar-refractivity contribution in [3.8, 4) is 22.8 Å². The molecule has 1 heterocycles. The molecule has 0 atom stereocenters. The number of aromatic nitrogens is 1. The zero-order valence-corrected chi connectivity index (χ0v) is 16.4. The van der Waals surface area contributed by atoms with E-state index in [-0.39, 0.29) is 5.91 Å². The lowest BCUT2D eigenvalue weighted by molar-refractivity contribution is -0.123. The van der Waals surface area contributed by atoms with E-state index in [1.54, 1.807) is 14.2 Å². The Morgan fingerprint density at radius 1 is 1.22 bits per heavy atom. The Labute approximate surface area is 159 Å². The molecule has 1 fully saturated rings. The lowest BCUT2D eigenvalue weighted by Crippen LogP contribution is -2.36. The predicted molar refractivity (Wildman–Crippen MR) is 102 cm³/mol. The number of nitrogens with one attached hydrogen (secondary N) is 1. The summed E-state index contributed by atoms with van der Waals surface area (Å²) in [6.45, 7) is 1.61. The molecule has 1 saturated carbocycles. The first-order valence-electron chi connectivity index (χ1n) is 9.13. The van der Waals surface area contributed by atoms with Crippen molar-refractivity contribution in [1.82, 2.24) is 15.4 Å². The molecule has 3 rings (SSSR count). The standard InChI is InChI=1S/C20H27N3O4/c1-23(2)11-5-10-21-19(24)20(8-9-20)18-13-16(27-22-18)14-6-7-15(25-3)17(12-14)26-4/h6-7,12-13H,5,8-11H2,1-4H3,(H,21,24). The number of hydrogen-bond acceptors (Lipinski definition) is 6. The number of amides is 1. The van der Waals surface area contributed by atoms with Crippen molar-refractivity contribution in [1.29, 1.82) is 0 Å². The predicted octanol–water partition coefficient (Wildman–Crippen LogP) is 2.46. The van der Waals surface area contributed by atoms with Crippen LogP contribution in [0, 0.1) is 0 Å². The van der Waals surface area contributed by atoms with Gasteiger partial charge in [-0.25, -0.2) is 0 Å². The van der Waals surface area contributed by atoms with Gasteiger partial charge < -0.3 is 24.2 Å². The molecule has 1 aliphatic rings. The molecule has 1 aliphatic carbocycles. The van der Waals surface area contributed by atoms with Gasteiger partial charge in [0.05, 0.1) is 25.3 Å². The number of nitrogens with zero attached hydrogens (tertiary/aromatic N) is 2. The van der Waals surface area contributed by atoms with Gasteiger partial charge in [-0.05, 0) is 58.1 Å². The van der Waals surface area contributed by atoms with E-state index in [9.17, 15) is 4.79 Å². The summed E-state index contributed by atoms with van der Waals surface area (Å²) < 4.78 is 16.1. The van der Waals surface area contributed by atoms with Crippen LogP contribution in [0.5, 0.6) is 11.5 Å². The van der Waals surface area contributed by atoms with Crippen molar-refractivity contribution >= 4 is 5.91 Å². The highest BCUT2D eigenvalue weighted by Gasteiger charge is 2.53. The highest BCUT2D eigenvalue weighted by Crippen LogP contribution is 2.48. The summed E-state index contributed by atoms with van der Waals surface area (Å²) in [5, 5.41) is 7.22. The van der Waals surface area contributed by atoms with Gasteiger partial charge in [-0.2, -0.15) is 0 Å². The number of rotatable bonds is 9. The molecular weight excluding hydrogens is 346 g/mol. The van der Waals surface area contributed by atoms with Crippen LogP contribution in [0.1, 0.15) is 25.0 Å². The van der Waals surface area contributed by atoms with Crippen LogP contribution in [0.4, 0.5) is 0 Å². The van der Waals surface area contributed by atoms with Crippen LogP contribution in [0.15, 0.2) is 28.8 Å². The number of benzene rings is 1. The summed E-state index contributed by atoms with van der Waals surface area (Å²) in [6, 6.07) is 7.39. The fourth-order valence-corrected chi connectivity index (χ4v) is 3.12. The third-order valence-electron chi connectivity index (χ3n) is 4.92. The molecule has 1 aromatic carbocycles. The Kier molecular flexibility index (Phi) is 5.70. The molecule has 0 aliphatic heterocycles.